The molecule has 0 bridgehead atoms. The van der Waals surface area contributed by atoms with Crippen LogP contribution in [-0.2, 0) is 4.79 Å². The van der Waals surface area contributed by atoms with Crippen molar-refractivity contribution in [1.82, 2.24) is 10.2 Å². The van der Waals surface area contributed by atoms with Gasteiger partial charge in [0.25, 0.3) is 0 Å². The minimum Gasteiger partial charge on any atom is -0.354 e. The van der Waals surface area contributed by atoms with E-state index in [2.05, 4.69) is 17.3 Å². The van der Waals surface area contributed by atoms with Crippen molar-refractivity contribution >= 4 is 5.91 Å². The summed E-state index contributed by atoms with van der Waals surface area (Å²) in [5.74, 6) is 0.551. The van der Waals surface area contributed by atoms with Crippen molar-refractivity contribution in [3.05, 3.63) is 0 Å². The topological polar surface area (TPSA) is 58.4 Å². The van der Waals surface area contributed by atoms with Gasteiger partial charge in [0.15, 0.2) is 0 Å². The van der Waals surface area contributed by atoms with E-state index in [0.717, 1.165) is 13.1 Å². The van der Waals surface area contributed by atoms with Gasteiger partial charge in [-0.15, -0.1) is 0 Å². The Balaban J connectivity index is 2.33. The maximum atomic E-state index is 11.9. The van der Waals surface area contributed by atoms with Crippen molar-refractivity contribution in [3.8, 4) is 0 Å². The van der Waals surface area contributed by atoms with Gasteiger partial charge in [-0.2, -0.15) is 0 Å². The smallest absolute Gasteiger partial charge is 0.237 e. The summed E-state index contributed by atoms with van der Waals surface area (Å²) in [7, 11) is 2.13. The number of piperidine rings is 1. The Morgan fingerprint density at radius 2 is 2.18 bits per heavy atom. The van der Waals surface area contributed by atoms with Crippen LogP contribution in [0.4, 0.5) is 0 Å². The van der Waals surface area contributed by atoms with Gasteiger partial charge in [0, 0.05) is 13.1 Å². The normalized spacial score (nSPS) is 24.4. The monoisotopic (exact) mass is 241 g/mol. The maximum absolute atomic E-state index is 11.9. The predicted octanol–water partition coefficient (Wildman–Crippen LogP) is 0.818. The molecule has 2 atom stereocenters. The molecule has 4 heteroatoms. The summed E-state index contributed by atoms with van der Waals surface area (Å²) >= 11 is 0. The van der Waals surface area contributed by atoms with E-state index in [0.29, 0.717) is 5.92 Å². The van der Waals surface area contributed by atoms with Gasteiger partial charge in [-0.25, -0.2) is 0 Å². The Hall–Kier alpha value is -0.610. The number of nitrogens with zero attached hydrogens (tertiary/aromatic N) is 1. The fourth-order valence-electron chi connectivity index (χ4n) is 2.19. The standard InChI is InChI=1S/C13H27N3O/c1-13(2,3)11(14)12(17)15-8-10-6-5-7-16(4)9-10/h10-11H,5-9,14H2,1-4H3,(H,15,17). The molecule has 1 aliphatic rings. The van der Waals surface area contributed by atoms with Crippen LogP contribution in [0, 0.1) is 11.3 Å². The lowest BCUT2D eigenvalue weighted by Crippen LogP contribution is -2.50. The van der Waals surface area contributed by atoms with Crippen LogP contribution in [0.3, 0.4) is 0 Å². The molecule has 0 aromatic heterocycles. The van der Waals surface area contributed by atoms with Crippen LogP contribution < -0.4 is 11.1 Å². The van der Waals surface area contributed by atoms with Crippen molar-refractivity contribution in [2.24, 2.45) is 17.1 Å². The van der Waals surface area contributed by atoms with E-state index in [1.807, 2.05) is 20.8 Å². The molecule has 100 valence electrons. The van der Waals surface area contributed by atoms with Crippen molar-refractivity contribution in [2.75, 3.05) is 26.7 Å². The van der Waals surface area contributed by atoms with Gasteiger partial charge >= 0.3 is 0 Å². The third-order valence-electron chi connectivity index (χ3n) is 3.50. The number of nitrogens with one attached hydrogen (secondary N) is 1. The minimum atomic E-state index is -0.427. The second-order valence-electron chi connectivity index (χ2n) is 6.36. The molecule has 17 heavy (non-hydrogen) atoms. The molecular weight excluding hydrogens is 214 g/mol. The number of rotatable bonds is 3. The summed E-state index contributed by atoms with van der Waals surface area (Å²) < 4.78 is 0. The van der Waals surface area contributed by atoms with E-state index in [1.54, 1.807) is 0 Å². The third kappa shape index (κ3) is 4.64. The lowest BCUT2D eigenvalue weighted by molar-refractivity contribution is -0.124. The van der Waals surface area contributed by atoms with E-state index < -0.39 is 6.04 Å². The molecular formula is C13H27N3O. The zero-order chi connectivity index (χ0) is 13.1. The highest BCUT2D eigenvalue weighted by Crippen LogP contribution is 2.18. The quantitative estimate of drug-likeness (QED) is 0.769. The van der Waals surface area contributed by atoms with E-state index in [1.165, 1.54) is 19.4 Å². The van der Waals surface area contributed by atoms with Gasteiger partial charge < -0.3 is 16.0 Å². The van der Waals surface area contributed by atoms with Crippen LogP contribution in [0.1, 0.15) is 33.6 Å². The number of carbonyl (C=O) groups is 1. The highest BCUT2D eigenvalue weighted by molar-refractivity contribution is 5.82. The van der Waals surface area contributed by atoms with E-state index in [9.17, 15) is 4.79 Å². The van der Waals surface area contributed by atoms with Crippen molar-refractivity contribution in [2.45, 2.75) is 39.7 Å². The molecule has 1 aliphatic heterocycles. The lowest BCUT2D eigenvalue weighted by atomic mass is 9.87. The number of hydrogen-bond donors (Lipinski definition) is 2. The third-order valence-corrected chi connectivity index (χ3v) is 3.50. The van der Waals surface area contributed by atoms with Crippen molar-refractivity contribution < 1.29 is 4.79 Å². The fraction of sp³-hybridized carbons (Fsp3) is 0.923. The van der Waals surface area contributed by atoms with E-state index >= 15 is 0 Å². The van der Waals surface area contributed by atoms with Crippen LogP contribution in [0.15, 0.2) is 0 Å². The summed E-state index contributed by atoms with van der Waals surface area (Å²) in [6.45, 7) is 8.98. The van der Waals surface area contributed by atoms with E-state index in [4.69, 9.17) is 5.73 Å². The first-order chi connectivity index (χ1) is 7.80. The molecule has 0 aromatic rings. The first-order valence-electron chi connectivity index (χ1n) is 6.52. The average Bonchev–Trinajstić information content (AvgIpc) is 2.23. The molecule has 0 spiro atoms. The fourth-order valence-corrected chi connectivity index (χ4v) is 2.19. The molecule has 0 aromatic carbocycles. The average molecular weight is 241 g/mol. The van der Waals surface area contributed by atoms with Crippen LogP contribution in [0.25, 0.3) is 0 Å². The Kier molecular flexibility index (Phi) is 4.95. The Morgan fingerprint density at radius 1 is 1.53 bits per heavy atom. The second kappa shape index (κ2) is 5.83. The van der Waals surface area contributed by atoms with Crippen molar-refractivity contribution in [1.29, 1.82) is 0 Å². The molecule has 1 heterocycles. The largest absolute Gasteiger partial charge is 0.354 e. The molecule has 1 amide bonds. The van der Waals surface area contributed by atoms with Gasteiger partial charge in [-0.05, 0) is 37.8 Å². The van der Waals surface area contributed by atoms with Gasteiger partial charge in [-0.3, -0.25) is 4.79 Å². The van der Waals surface area contributed by atoms with Crippen LogP contribution >= 0.6 is 0 Å². The van der Waals surface area contributed by atoms with Gasteiger partial charge in [0.1, 0.15) is 0 Å². The van der Waals surface area contributed by atoms with Crippen LogP contribution in [0.5, 0.6) is 0 Å². The minimum absolute atomic E-state index is 0.0225. The van der Waals surface area contributed by atoms with Gasteiger partial charge in [0.2, 0.25) is 5.91 Å². The van der Waals surface area contributed by atoms with Crippen molar-refractivity contribution in [3.63, 3.8) is 0 Å². The molecule has 0 saturated carbocycles. The molecule has 1 fully saturated rings. The lowest BCUT2D eigenvalue weighted by Gasteiger charge is -2.31. The van der Waals surface area contributed by atoms with Crippen LogP contribution in [-0.4, -0.2) is 43.5 Å². The Labute approximate surface area is 105 Å². The number of carbonyl (C=O) groups excluding carboxylic acids is 1. The molecule has 0 aliphatic carbocycles. The summed E-state index contributed by atoms with van der Waals surface area (Å²) in [4.78, 5) is 14.2. The summed E-state index contributed by atoms with van der Waals surface area (Å²) in [5, 5.41) is 2.99. The number of amides is 1. The highest BCUT2D eigenvalue weighted by atomic mass is 16.2. The molecule has 1 saturated heterocycles. The zero-order valence-corrected chi connectivity index (χ0v) is 11.6. The maximum Gasteiger partial charge on any atom is 0.237 e. The first kappa shape index (κ1) is 14.5. The van der Waals surface area contributed by atoms with Gasteiger partial charge in [0.05, 0.1) is 6.04 Å². The number of nitrogens with two attached hydrogens (primary N) is 1. The predicted molar refractivity (Wildman–Crippen MR) is 70.7 cm³/mol. The first-order valence-corrected chi connectivity index (χ1v) is 6.52. The highest BCUT2D eigenvalue weighted by Gasteiger charge is 2.28. The Bertz CT molecular complexity index is 260. The zero-order valence-electron chi connectivity index (χ0n) is 11.6. The molecule has 4 nitrogen and oxygen atoms in total. The summed E-state index contributed by atoms with van der Waals surface area (Å²) in [6, 6.07) is -0.427. The van der Waals surface area contributed by atoms with Gasteiger partial charge in [-0.1, -0.05) is 20.8 Å². The molecule has 2 unspecified atom stereocenters. The molecule has 0 radical (unpaired) electrons. The number of likely N-dealkylation sites (tertiary alicyclic amines) is 1. The Morgan fingerprint density at radius 3 is 2.71 bits per heavy atom. The summed E-state index contributed by atoms with van der Waals surface area (Å²) in [5.41, 5.74) is 5.74. The molecule has 1 rings (SSSR count). The molecule has 3 N–H and O–H groups in total. The van der Waals surface area contributed by atoms with Crippen LogP contribution in [0.2, 0.25) is 0 Å². The SMILES string of the molecule is CN1CCCC(CNC(=O)C(N)C(C)(C)C)C1. The van der Waals surface area contributed by atoms with E-state index in [-0.39, 0.29) is 11.3 Å². The second-order valence-corrected chi connectivity index (χ2v) is 6.36. The number of hydrogen-bond acceptors (Lipinski definition) is 3. The summed E-state index contributed by atoms with van der Waals surface area (Å²) in [6.07, 6.45) is 2.43.